The molecule has 0 aliphatic carbocycles. The fraction of sp³-hybridized carbons (Fsp3) is 0.190. The summed E-state index contributed by atoms with van der Waals surface area (Å²) in [4.78, 5) is 39.5. The van der Waals surface area contributed by atoms with Crippen LogP contribution in [0, 0.1) is 0 Å². The minimum atomic E-state index is -0.830. The fourth-order valence-corrected chi connectivity index (χ4v) is 3.00. The Morgan fingerprint density at radius 1 is 0.750 bits per heavy atom. The Morgan fingerprint density at radius 2 is 1.12 bits per heavy atom. The molecular weight excluding hydrogens is 412 g/mol. The Labute approximate surface area is 185 Å². The molecule has 32 heavy (non-hydrogen) atoms. The van der Waals surface area contributed by atoms with Crippen LogP contribution in [0.25, 0.3) is 0 Å². The lowest BCUT2D eigenvalue weighted by molar-refractivity contribution is 0.194. The van der Waals surface area contributed by atoms with Crippen molar-refractivity contribution in [1.29, 1.82) is 0 Å². The molecule has 1 fully saturated rings. The van der Waals surface area contributed by atoms with Crippen LogP contribution in [-0.4, -0.2) is 66.7 Å². The van der Waals surface area contributed by atoms with E-state index in [9.17, 15) is 14.4 Å². The number of nitrogens with one attached hydrogen (secondary N) is 4. The van der Waals surface area contributed by atoms with Crippen molar-refractivity contribution in [2.45, 2.75) is 12.3 Å². The van der Waals surface area contributed by atoms with Crippen LogP contribution in [0.3, 0.4) is 0 Å². The molecule has 0 bridgehead atoms. The van der Waals surface area contributed by atoms with E-state index in [4.69, 9.17) is 0 Å². The summed E-state index contributed by atoms with van der Waals surface area (Å²) in [6.07, 6.45) is 1.32. The number of likely N-dealkylation sites (N-methyl/N-ethyl adjacent to an activating group) is 2. The Morgan fingerprint density at radius 3 is 1.50 bits per heavy atom. The third-order valence-electron chi connectivity index (χ3n) is 4.65. The smallest absolute Gasteiger partial charge is 0.313 e. The number of amides is 6. The van der Waals surface area contributed by atoms with Gasteiger partial charge in [0.2, 0.25) is 0 Å². The van der Waals surface area contributed by atoms with Crippen LogP contribution in [-0.2, 0) is 0 Å². The van der Waals surface area contributed by atoms with Crippen molar-refractivity contribution in [2.24, 2.45) is 10.2 Å². The molecule has 0 saturated carbocycles. The van der Waals surface area contributed by atoms with Gasteiger partial charge in [-0.15, -0.1) is 0 Å². The van der Waals surface area contributed by atoms with Gasteiger partial charge < -0.3 is 20.4 Å². The van der Waals surface area contributed by atoms with Crippen molar-refractivity contribution >= 4 is 30.5 Å². The van der Waals surface area contributed by atoms with E-state index in [2.05, 4.69) is 31.7 Å². The van der Waals surface area contributed by atoms with Crippen molar-refractivity contribution in [2.75, 3.05) is 14.1 Å². The number of carbonyl (C=O) groups excluding carboxylic acids is 3. The molecule has 11 nitrogen and oxygen atoms in total. The average Bonchev–Trinajstić information content (AvgIpc) is 2.99. The van der Waals surface area contributed by atoms with E-state index in [1.54, 1.807) is 0 Å². The lowest BCUT2D eigenvalue weighted by Gasteiger charge is -2.26. The van der Waals surface area contributed by atoms with E-state index in [1.165, 1.54) is 36.3 Å². The van der Waals surface area contributed by atoms with Crippen LogP contribution < -0.4 is 21.5 Å². The normalized spacial score (nSPS) is 18.2. The molecule has 2 aromatic carbocycles. The van der Waals surface area contributed by atoms with Gasteiger partial charge in [0.1, 0.15) is 12.3 Å². The standard InChI is InChI=1S/C21H24N8O3/c1-28-17(24-19(30)26-22-13-15-9-5-3-6-10-15)18(29(2)21(28)32)25-20(31)27-23-14-16-11-7-4-8-12-16/h3-14,17-18H,1-2H3,(H2,24,26,30)(H2,25,27,31)/b22-13-,23-14-/t17-,18+. The number of carbonyl (C=O) groups is 3. The molecule has 0 aromatic heterocycles. The molecule has 4 N–H and O–H groups in total. The lowest BCUT2D eigenvalue weighted by Crippen LogP contribution is -2.58. The zero-order chi connectivity index (χ0) is 22.9. The predicted octanol–water partition coefficient (Wildman–Crippen LogP) is 1.30. The number of hydrogen-bond acceptors (Lipinski definition) is 5. The van der Waals surface area contributed by atoms with Gasteiger partial charge in [0.15, 0.2) is 0 Å². The molecule has 0 spiro atoms. The molecule has 1 aliphatic rings. The van der Waals surface area contributed by atoms with Crippen LogP contribution in [0.5, 0.6) is 0 Å². The summed E-state index contributed by atoms with van der Waals surface area (Å²) in [5.74, 6) is 0. The highest BCUT2D eigenvalue weighted by Gasteiger charge is 2.43. The Bertz CT molecular complexity index is 917. The van der Waals surface area contributed by atoms with E-state index in [0.717, 1.165) is 11.1 Å². The number of rotatable bonds is 6. The molecule has 0 radical (unpaired) electrons. The summed E-state index contributed by atoms with van der Waals surface area (Å²) in [6, 6.07) is 16.8. The van der Waals surface area contributed by atoms with Gasteiger partial charge in [-0.3, -0.25) is 0 Å². The maximum Gasteiger partial charge on any atom is 0.336 e. The predicted molar refractivity (Wildman–Crippen MR) is 120 cm³/mol. The average molecular weight is 436 g/mol. The molecule has 2 atom stereocenters. The summed E-state index contributed by atoms with van der Waals surface area (Å²) < 4.78 is 0. The summed E-state index contributed by atoms with van der Waals surface area (Å²) in [6.45, 7) is 0. The second-order valence-corrected chi connectivity index (χ2v) is 6.90. The minimum absolute atomic E-state index is 0.374. The van der Waals surface area contributed by atoms with Crippen LogP contribution in [0.15, 0.2) is 70.9 Å². The highest BCUT2D eigenvalue weighted by Crippen LogP contribution is 2.16. The minimum Gasteiger partial charge on any atom is -0.313 e. The molecule has 3 rings (SSSR count). The van der Waals surface area contributed by atoms with E-state index in [-0.39, 0.29) is 6.03 Å². The third kappa shape index (κ3) is 5.81. The first-order chi connectivity index (χ1) is 15.5. The zero-order valence-electron chi connectivity index (χ0n) is 17.6. The SMILES string of the molecule is CN1C(=O)N(C)[C@@H](NC(=O)N/N=C\c2ccccc2)[C@H]1NC(=O)N/N=C\c1ccccc1. The number of urea groups is 3. The fourth-order valence-electron chi connectivity index (χ4n) is 3.00. The van der Waals surface area contributed by atoms with E-state index in [1.807, 2.05) is 60.7 Å². The van der Waals surface area contributed by atoms with Crippen molar-refractivity contribution in [3.8, 4) is 0 Å². The summed E-state index contributed by atoms with van der Waals surface area (Å²) in [5, 5.41) is 13.0. The maximum atomic E-state index is 12.3. The molecule has 2 aromatic rings. The molecule has 166 valence electrons. The van der Waals surface area contributed by atoms with Crippen molar-refractivity contribution in [1.82, 2.24) is 31.3 Å². The summed E-state index contributed by atoms with van der Waals surface area (Å²) >= 11 is 0. The first kappa shape index (κ1) is 22.3. The number of benzene rings is 2. The lowest BCUT2D eigenvalue weighted by atomic mass is 10.2. The highest BCUT2D eigenvalue weighted by atomic mass is 16.2. The quantitative estimate of drug-likeness (QED) is 0.402. The first-order valence-corrected chi connectivity index (χ1v) is 9.74. The first-order valence-electron chi connectivity index (χ1n) is 9.74. The molecule has 11 heteroatoms. The van der Waals surface area contributed by atoms with Gasteiger partial charge >= 0.3 is 18.1 Å². The van der Waals surface area contributed by atoms with Crippen LogP contribution in [0.4, 0.5) is 14.4 Å². The van der Waals surface area contributed by atoms with Crippen LogP contribution in [0.2, 0.25) is 0 Å². The summed E-state index contributed by atoms with van der Waals surface area (Å²) in [5.41, 5.74) is 6.32. The molecule has 1 saturated heterocycles. The van der Waals surface area contributed by atoms with Gasteiger partial charge in [-0.05, 0) is 11.1 Å². The van der Waals surface area contributed by atoms with Gasteiger partial charge in [0.25, 0.3) is 0 Å². The molecule has 1 aliphatic heterocycles. The number of nitrogens with zero attached hydrogens (tertiary/aromatic N) is 4. The largest absolute Gasteiger partial charge is 0.336 e. The van der Waals surface area contributed by atoms with E-state index < -0.39 is 24.4 Å². The monoisotopic (exact) mass is 436 g/mol. The van der Waals surface area contributed by atoms with Gasteiger partial charge in [0, 0.05) is 14.1 Å². The maximum absolute atomic E-state index is 12.3. The third-order valence-corrected chi connectivity index (χ3v) is 4.65. The van der Waals surface area contributed by atoms with Gasteiger partial charge in [-0.2, -0.15) is 10.2 Å². The number of hydrogen-bond donors (Lipinski definition) is 4. The Kier molecular flexibility index (Phi) is 7.36. The topological polar surface area (TPSA) is 131 Å². The van der Waals surface area contributed by atoms with Crippen molar-refractivity contribution in [3.05, 3.63) is 71.8 Å². The van der Waals surface area contributed by atoms with Crippen LogP contribution >= 0.6 is 0 Å². The molecule has 1 heterocycles. The van der Waals surface area contributed by atoms with Crippen molar-refractivity contribution < 1.29 is 14.4 Å². The van der Waals surface area contributed by atoms with E-state index in [0.29, 0.717) is 0 Å². The van der Waals surface area contributed by atoms with Crippen molar-refractivity contribution in [3.63, 3.8) is 0 Å². The van der Waals surface area contributed by atoms with Gasteiger partial charge in [0.05, 0.1) is 12.4 Å². The molecular formula is C21H24N8O3. The summed E-state index contributed by atoms with van der Waals surface area (Å²) in [7, 11) is 3.04. The number of hydrazone groups is 2. The second-order valence-electron chi connectivity index (χ2n) is 6.90. The zero-order valence-corrected chi connectivity index (χ0v) is 17.6. The molecule has 0 unspecified atom stereocenters. The Hall–Kier alpha value is -4.41. The van der Waals surface area contributed by atoms with Gasteiger partial charge in [-0.25, -0.2) is 25.2 Å². The highest BCUT2D eigenvalue weighted by molar-refractivity contribution is 5.84. The second kappa shape index (κ2) is 10.6. The van der Waals surface area contributed by atoms with Crippen LogP contribution in [0.1, 0.15) is 11.1 Å². The van der Waals surface area contributed by atoms with E-state index >= 15 is 0 Å². The van der Waals surface area contributed by atoms with Gasteiger partial charge in [-0.1, -0.05) is 60.7 Å². The molecule has 6 amide bonds. The Balaban J connectivity index is 1.56.